The molecule has 1 aromatic rings. The molecule has 7 heteroatoms. The molecule has 0 radical (unpaired) electrons. The van der Waals surface area contributed by atoms with Crippen LogP contribution in [0.5, 0.6) is 5.75 Å². The van der Waals surface area contributed by atoms with Crippen molar-refractivity contribution < 1.29 is 19.1 Å². The summed E-state index contributed by atoms with van der Waals surface area (Å²) in [4.78, 5) is 26.5. The second-order valence-electron chi connectivity index (χ2n) is 6.38. The van der Waals surface area contributed by atoms with Crippen LogP contribution in [0.1, 0.15) is 36.0 Å². The molecule has 0 spiro atoms. The maximum absolute atomic E-state index is 12.5. The minimum atomic E-state index is -0.334. The molecule has 0 aliphatic carbocycles. The van der Waals surface area contributed by atoms with Crippen LogP contribution < -0.4 is 15.4 Å². The highest BCUT2D eigenvalue weighted by molar-refractivity contribution is 5.98. The Labute approximate surface area is 147 Å². The Hall–Kier alpha value is -2.28. The summed E-state index contributed by atoms with van der Waals surface area (Å²) >= 11 is 0. The first kappa shape index (κ1) is 17.5. The van der Waals surface area contributed by atoms with Gasteiger partial charge in [-0.2, -0.15) is 0 Å². The molecule has 3 amide bonds. The Morgan fingerprint density at radius 2 is 2.08 bits per heavy atom. The molecule has 25 heavy (non-hydrogen) atoms. The summed E-state index contributed by atoms with van der Waals surface area (Å²) in [6.07, 6.45) is 4.15. The molecule has 0 aromatic heterocycles. The van der Waals surface area contributed by atoms with Crippen molar-refractivity contribution >= 4 is 17.6 Å². The molecule has 2 saturated heterocycles. The Balaban J connectivity index is 1.64. The lowest BCUT2D eigenvalue weighted by molar-refractivity contribution is 0.0793. The van der Waals surface area contributed by atoms with Crippen LogP contribution in [0.4, 0.5) is 10.5 Å². The number of hydrogen-bond acceptors (Lipinski definition) is 4. The van der Waals surface area contributed by atoms with Crippen LogP contribution in [-0.4, -0.2) is 56.3 Å². The van der Waals surface area contributed by atoms with E-state index < -0.39 is 0 Å². The predicted octanol–water partition coefficient (Wildman–Crippen LogP) is 2.23. The van der Waals surface area contributed by atoms with Crippen molar-refractivity contribution in [3.05, 3.63) is 23.8 Å². The Morgan fingerprint density at radius 3 is 2.76 bits per heavy atom. The van der Waals surface area contributed by atoms with Gasteiger partial charge in [-0.05, 0) is 43.9 Å². The number of nitrogens with one attached hydrogen (secondary N) is 2. The Bertz CT molecular complexity index is 623. The van der Waals surface area contributed by atoms with Gasteiger partial charge < -0.3 is 25.0 Å². The van der Waals surface area contributed by atoms with Gasteiger partial charge in [-0.1, -0.05) is 0 Å². The van der Waals surface area contributed by atoms with Crippen molar-refractivity contribution in [3.63, 3.8) is 0 Å². The second-order valence-corrected chi connectivity index (χ2v) is 6.38. The highest BCUT2D eigenvalue weighted by Crippen LogP contribution is 2.26. The summed E-state index contributed by atoms with van der Waals surface area (Å²) in [5, 5.41) is 5.57. The summed E-state index contributed by atoms with van der Waals surface area (Å²) in [5.74, 6) is 0.508. The normalized spacial score (nSPS) is 19.7. The summed E-state index contributed by atoms with van der Waals surface area (Å²) in [7, 11) is 1.53. The van der Waals surface area contributed by atoms with Crippen LogP contribution >= 0.6 is 0 Å². The third kappa shape index (κ3) is 4.42. The van der Waals surface area contributed by atoms with E-state index in [1.807, 2.05) is 4.90 Å². The maximum atomic E-state index is 12.5. The van der Waals surface area contributed by atoms with E-state index in [-0.39, 0.29) is 18.0 Å². The number of likely N-dealkylation sites (tertiary alicyclic amines) is 1. The van der Waals surface area contributed by atoms with E-state index >= 15 is 0 Å². The Kier molecular flexibility index (Phi) is 5.75. The molecule has 2 fully saturated rings. The largest absolute Gasteiger partial charge is 0.495 e. The molecule has 136 valence electrons. The van der Waals surface area contributed by atoms with Gasteiger partial charge in [0, 0.05) is 31.8 Å². The van der Waals surface area contributed by atoms with Crippen LogP contribution in [0.2, 0.25) is 0 Å². The molecule has 2 aliphatic rings. The number of ether oxygens (including phenoxy) is 2. The SMILES string of the molecule is COc1ccc(C(=O)N2CCCC2)cc1NC(=O)NC[C@H]1CCCO1. The van der Waals surface area contributed by atoms with Crippen LogP contribution in [-0.2, 0) is 4.74 Å². The van der Waals surface area contributed by atoms with Gasteiger partial charge in [-0.3, -0.25) is 4.79 Å². The first-order chi connectivity index (χ1) is 12.2. The van der Waals surface area contributed by atoms with Crippen molar-refractivity contribution in [1.82, 2.24) is 10.2 Å². The molecule has 7 nitrogen and oxygen atoms in total. The number of carbonyl (C=O) groups is 2. The molecule has 0 bridgehead atoms. The fraction of sp³-hybridized carbons (Fsp3) is 0.556. The molecule has 2 heterocycles. The fourth-order valence-corrected chi connectivity index (χ4v) is 3.22. The number of anilines is 1. The summed E-state index contributed by atoms with van der Waals surface area (Å²) in [5.41, 5.74) is 1.04. The molecule has 1 atom stereocenters. The van der Waals surface area contributed by atoms with E-state index in [1.54, 1.807) is 18.2 Å². The highest BCUT2D eigenvalue weighted by atomic mass is 16.5. The van der Waals surface area contributed by atoms with Crippen LogP contribution in [0.25, 0.3) is 0 Å². The lowest BCUT2D eigenvalue weighted by Gasteiger charge is -2.17. The van der Waals surface area contributed by atoms with Crippen molar-refractivity contribution in [1.29, 1.82) is 0 Å². The van der Waals surface area contributed by atoms with Gasteiger partial charge >= 0.3 is 6.03 Å². The van der Waals surface area contributed by atoms with Gasteiger partial charge in [0.05, 0.1) is 18.9 Å². The second kappa shape index (κ2) is 8.20. The lowest BCUT2D eigenvalue weighted by atomic mass is 10.1. The van der Waals surface area contributed by atoms with Crippen molar-refractivity contribution in [2.24, 2.45) is 0 Å². The maximum Gasteiger partial charge on any atom is 0.319 e. The molecular weight excluding hydrogens is 322 g/mol. The zero-order chi connectivity index (χ0) is 17.6. The van der Waals surface area contributed by atoms with Crippen molar-refractivity contribution in [2.75, 3.05) is 38.7 Å². The van der Waals surface area contributed by atoms with E-state index in [9.17, 15) is 9.59 Å². The van der Waals surface area contributed by atoms with Gasteiger partial charge in [-0.15, -0.1) is 0 Å². The summed E-state index contributed by atoms with van der Waals surface area (Å²) in [6.45, 7) is 2.80. The number of urea groups is 1. The highest BCUT2D eigenvalue weighted by Gasteiger charge is 2.21. The third-order valence-corrected chi connectivity index (χ3v) is 4.60. The number of benzene rings is 1. The van der Waals surface area contributed by atoms with Crippen molar-refractivity contribution in [2.45, 2.75) is 31.8 Å². The number of methoxy groups -OCH3 is 1. The first-order valence-electron chi connectivity index (χ1n) is 8.81. The van der Waals surface area contributed by atoms with E-state index in [4.69, 9.17) is 9.47 Å². The zero-order valence-electron chi connectivity index (χ0n) is 14.5. The number of amides is 3. The average Bonchev–Trinajstić information content (AvgIpc) is 3.33. The third-order valence-electron chi connectivity index (χ3n) is 4.60. The zero-order valence-corrected chi connectivity index (χ0v) is 14.5. The van der Waals surface area contributed by atoms with Crippen molar-refractivity contribution in [3.8, 4) is 5.75 Å². The van der Waals surface area contributed by atoms with Gasteiger partial charge in [0.2, 0.25) is 0 Å². The van der Waals surface area contributed by atoms with E-state index in [1.165, 1.54) is 7.11 Å². The summed E-state index contributed by atoms with van der Waals surface area (Å²) in [6, 6.07) is 4.78. The van der Waals surface area contributed by atoms with Gasteiger partial charge in [0.25, 0.3) is 5.91 Å². The quantitative estimate of drug-likeness (QED) is 0.856. The molecular formula is C18H25N3O4. The smallest absolute Gasteiger partial charge is 0.319 e. The monoisotopic (exact) mass is 347 g/mol. The number of rotatable bonds is 5. The average molecular weight is 347 g/mol. The van der Waals surface area contributed by atoms with E-state index in [0.717, 1.165) is 45.4 Å². The Morgan fingerprint density at radius 1 is 1.28 bits per heavy atom. The topological polar surface area (TPSA) is 79.9 Å². The van der Waals surface area contributed by atoms with Gasteiger partial charge in [0.1, 0.15) is 5.75 Å². The van der Waals surface area contributed by atoms with Gasteiger partial charge in [-0.25, -0.2) is 4.79 Å². The number of hydrogen-bond donors (Lipinski definition) is 2. The molecule has 2 N–H and O–H groups in total. The predicted molar refractivity (Wildman–Crippen MR) is 94.1 cm³/mol. The fourth-order valence-electron chi connectivity index (χ4n) is 3.22. The minimum Gasteiger partial charge on any atom is -0.495 e. The van der Waals surface area contributed by atoms with Gasteiger partial charge in [0.15, 0.2) is 0 Å². The lowest BCUT2D eigenvalue weighted by Crippen LogP contribution is -2.35. The van der Waals surface area contributed by atoms with E-state index in [2.05, 4.69) is 10.6 Å². The van der Waals surface area contributed by atoms with Crippen LogP contribution in [0.3, 0.4) is 0 Å². The van der Waals surface area contributed by atoms with Crippen LogP contribution in [0.15, 0.2) is 18.2 Å². The molecule has 0 saturated carbocycles. The molecule has 1 aromatic carbocycles. The van der Waals surface area contributed by atoms with Crippen LogP contribution in [0, 0.1) is 0 Å². The standard InChI is InChI=1S/C18H25N3O4/c1-24-16-7-6-13(17(22)21-8-2-3-9-21)11-15(16)20-18(23)19-12-14-5-4-10-25-14/h6-7,11,14H,2-5,8-10,12H2,1H3,(H2,19,20,23)/t14-/m1/s1. The molecule has 0 unspecified atom stereocenters. The minimum absolute atomic E-state index is 0.0111. The molecule has 3 rings (SSSR count). The summed E-state index contributed by atoms with van der Waals surface area (Å²) < 4.78 is 10.8. The molecule has 2 aliphatic heterocycles. The van der Waals surface area contributed by atoms with E-state index in [0.29, 0.717) is 23.5 Å². The number of nitrogens with zero attached hydrogens (tertiary/aromatic N) is 1. The first-order valence-corrected chi connectivity index (χ1v) is 8.81. The number of carbonyl (C=O) groups excluding carboxylic acids is 2.